The molecule has 0 saturated carbocycles. The largest absolute Gasteiger partial charge is 0.481 e. The van der Waals surface area contributed by atoms with E-state index < -0.39 is 107 Å². The molecule has 13 N–H and O–H groups in total. The number of nitro groups is 1. The zero-order valence-electron chi connectivity index (χ0n) is 35.3. The topological polar surface area (TPSA) is 456 Å². The Labute approximate surface area is 370 Å². The molecule has 0 aliphatic rings. The Morgan fingerprint density at radius 1 is 0.569 bits per heavy atom. The summed E-state index contributed by atoms with van der Waals surface area (Å²) in [6.45, 7) is 1.09. The number of nitrogens with two attached hydrogens (primary N) is 1. The third-order valence-electron chi connectivity index (χ3n) is 7.96. The average Bonchev–Trinajstić information content (AvgIpc) is 3.20. The maximum atomic E-state index is 12.6. The quantitative estimate of drug-likeness (QED) is 0.0265. The van der Waals surface area contributed by atoms with E-state index in [-0.39, 0.29) is 69.2 Å². The zero-order chi connectivity index (χ0) is 50.1. The van der Waals surface area contributed by atoms with Gasteiger partial charge in [0.05, 0.1) is 11.3 Å². The molecule has 0 bridgehead atoms. The van der Waals surface area contributed by atoms with Crippen molar-refractivity contribution in [1.82, 2.24) is 26.6 Å². The molecule has 0 aromatic heterocycles. The molecule has 2 atom stereocenters. The van der Waals surface area contributed by atoms with Gasteiger partial charge in [0.2, 0.25) is 23.6 Å². The number of benzene rings is 1. The van der Waals surface area contributed by atoms with E-state index in [0.717, 1.165) is 12.1 Å². The Morgan fingerprint density at radius 2 is 1.03 bits per heavy atom. The summed E-state index contributed by atoms with van der Waals surface area (Å²) >= 11 is 0. The van der Waals surface area contributed by atoms with Crippen LogP contribution in [0.15, 0.2) is 18.2 Å². The van der Waals surface area contributed by atoms with Crippen LogP contribution in [0.4, 0.5) is 5.69 Å². The van der Waals surface area contributed by atoms with Crippen LogP contribution in [0.2, 0.25) is 0 Å². The number of non-ortho nitro benzene ring substituents is 1. The van der Waals surface area contributed by atoms with E-state index in [1.165, 1.54) is 13.0 Å². The SMILES string of the molecule is CC(=O)NC(CCC(=O)O)C(=O)O.NC(=O)CC(NC(=O)CCCCCNC(=O)c1cc(C(=O)NCCCCCC(=O)NCC(=O)O)cc([N+](=O)[O-])c1)C(=O)O.O=C(O)CCCC(=O)O. The van der Waals surface area contributed by atoms with Gasteiger partial charge in [0, 0.05) is 75.4 Å². The Bertz CT molecular complexity index is 1840. The number of nitrogens with zero attached hydrogens (tertiary/aromatic N) is 1. The number of carbonyl (C=O) groups excluding carboxylic acids is 6. The van der Waals surface area contributed by atoms with Gasteiger partial charge in [-0.05, 0) is 44.6 Å². The van der Waals surface area contributed by atoms with E-state index in [9.17, 15) is 67.6 Å². The first kappa shape index (κ1) is 59.4. The fourth-order valence-electron chi connectivity index (χ4n) is 4.85. The number of primary amides is 1. The summed E-state index contributed by atoms with van der Waals surface area (Å²) in [5.74, 6) is -10.3. The predicted octanol–water partition coefficient (Wildman–Crippen LogP) is -0.413. The lowest BCUT2D eigenvalue weighted by molar-refractivity contribution is -0.384. The number of aliphatic carboxylic acids is 6. The Balaban J connectivity index is 0. The summed E-state index contributed by atoms with van der Waals surface area (Å²) in [6.07, 6.45) is 2.10. The van der Waals surface area contributed by atoms with Crippen LogP contribution in [-0.4, -0.2) is 139 Å². The second-order valence-corrected chi connectivity index (χ2v) is 13.6. The van der Waals surface area contributed by atoms with E-state index in [4.69, 9.17) is 36.4 Å². The number of nitro benzene ring substituents is 1. The molecule has 0 saturated heterocycles. The van der Waals surface area contributed by atoms with Gasteiger partial charge in [-0.25, -0.2) is 9.59 Å². The molecule has 0 spiro atoms. The molecule has 0 heterocycles. The summed E-state index contributed by atoms with van der Waals surface area (Å²) in [6, 6.07) is 0.774. The fourth-order valence-corrected chi connectivity index (χ4v) is 4.85. The minimum atomic E-state index is -1.41. The number of amides is 6. The summed E-state index contributed by atoms with van der Waals surface area (Å²) in [7, 11) is 0. The second kappa shape index (κ2) is 33.8. The summed E-state index contributed by atoms with van der Waals surface area (Å²) in [5, 5.41) is 73.5. The van der Waals surface area contributed by atoms with Gasteiger partial charge in [0.1, 0.15) is 18.6 Å². The van der Waals surface area contributed by atoms with Crippen LogP contribution in [-0.2, 0) is 47.9 Å². The predicted molar refractivity (Wildman–Crippen MR) is 220 cm³/mol. The van der Waals surface area contributed by atoms with E-state index in [0.29, 0.717) is 38.5 Å². The molecule has 0 aliphatic carbocycles. The standard InChI is InChI=1S/C26H36N6O11.C7H11NO5.C5H8O4/c27-20(33)14-19(26(40)41)31-22(35)8-4-2-6-10-29-25(39)17-11-16(12-18(13-17)32(42)43)24(38)28-9-5-1-3-7-21(34)30-15-23(36)37;1-4(9)8-5(7(12)13)2-3-6(10)11;6-4(7)2-1-3-5(8)9/h11-13,19H,1-10,14-15H2,(H2,27,33)(H,28,38)(H,29,39)(H,30,34)(H,31,35)(H,36,37)(H,40,41);5H,2-3H2,1H3,(H,8,9)(H,10,11)(H,12,13);1-3H2,(H,6,7)(H,8,9). The molecule has 2 unspecified atom stereocenters. The molecule has 0 fully saturated rings. The van der Waals surface area contributed by atoms with Crippen LogP contribution < -0.4 is 32.3 Å². The third kappa shape index (κ3) is 33.6. The van der Waals surface area contributed by atoms with Crippen LogP contribution in [0.5, 0.6) is 0 Å². The van der Waals surface area contributed by atoms with Crippen LogP contribution in [0.3, 0.4) is 0 Å². The number of unbranched alkanes of at least 4 members (excludes halogenated alkanes) is 4. The highest BCUT2D eigenvalue weighted by atomic mass is 16.6. The van der Waals surface area contributed by atoms with Crippen molar-refractivity contribution in [3.63, 3.8) is 0 Å². The van der Waals surface area contributed by atoms with Crippen molar-refractivity contribution in [1.29, 1.82) is 0 Å². The molecule has 0 aliphatic heterocycles. The van der Waals surface area contributed by atoms with Crippen molar-refractivity contribution < 1.29 is 93.1 Å². The van der Waals surface area contributed by atoms with Crippen LogP contribution in [0, 0.1) is 10.1 Å². The maximum Gasteiger partial charge on any atom is 0.326 e. The number of rotatable bonds is 30. The minimum Gasteiger partial charge on any atom is -0.481 e. The maximum absolute atomic E-state index is 12.6. The average molecular weight is 930 g/mol. The number of nitrogens with one attached hydrogen (secondary N) is 5. The molecule has 27 nitrogen and oxygen atoms in total. The van der Waals surface area contributed by atoms with Gasteiger partial charge in [-0.15, -0.1) is 0 Å². The van der Waals surface area contributed by atoms with Crippen molar-refractivity contribution in [3.8, 4) is 0 Å². The Hall–Kier alpha value is -7.74. The van der Waals surface area contributed by atoms with Crippen LogP contribution in [0.1, 0.15) is 118 Å². The Kier molecular flexibility index (Phi) is 30.9. The van der Waals surface area contributed by atoms with Crippen LogP contribution in [0.25, 0.3) is 0 Å². The second-order valence-electron chi connectivity index (χ2n) is 13.6. The lowest BCUT2D eigenvalue weighted by Crippen LogP contribution is -2.43. The Morgan fingerprint density at radius 3 is 1.42 bits per heavy atom. The number of hydrogen-bond donors (Lipinski definition) is 12. The molecule has 6 amide bonds. The third-order valence-corrected chi connectivity index (χ3v) is 7.96. The smallest absolute Gasteiger partial charge is 0.326 e. The highest BCUT2D eigenvalue weighted by molar-refractivity contribution is 6.00. The highest BCUT2D eigenvalue weighted by Gasteiger charge is 2.22. The first-order valence-electron chi connectivity index (χ1n) is 19.7. The molecule has 1 rings (SSSR count). The van der Waals surface area contributed by atoms with Gasteiger partial charge >= 0.3 is 35.8 Å². The molecule has 1 aromatic rings. The van der Waals surface area contributed by atoms with Crippen molar-refractivity contribution in [2.24, 2.45) is 5.73 Å². The molecule has 362 valence electrons. The van der Waals surface area contributed by atoms with Crippen molar-refractivity contribution in [2.45, 2.75) is 109 Å². The molecule has 1 aromatic carbocycles. The molecule has 27 heteroatoms. The summed E-state index contributed by atoms with van der Waals surface area (Å²) in [5.41, 5.74) is 4.33. The molecular formula is C38H55N7O20. The van der Waals surface area contributed by atoms with E-state index in [2.05, 4.69) is 26.6 Å². The van der Waals surface area contributed by atoms with Gasteiger partial charge in [0.25, 0.3) is 17.5 Å². The normalized spacial score (nSPS) is 10.9. The van der Waals surface area contributed by atoms with Gasteiger partial charge in [-0.3, -0.25) is 58.1 Å². The number of hydrogen-bond acceptors (Lipinski definition) is 14. The highest BCUT2D eigenvalue weighted by Crippen LogP contribution is 2.18. The van der Waals surface area contributed by atoms with Gasteiger partial charge in [0.15, 0.2) is 0 Å². The van der Waals surface area contributed by atoms with E-state index >= 15 is 0 Å². The van der Waals surface area contributed by atoms with Gasteiger partial charge in [-0.1, -0.05) is 12.8 Å². The molecule has 65 heavy (non-hydrogen) atoms. The van der Waals surface area contributed by atoms with E-state index in [1.807, 2.05) is 0 Å². The molecule has 0 radical (unpaired) electrons. The number of carboxylic acids is 6. The monoisotopic (exact) mass is 929 g/mol. The fraction of sp³-hybridized carbons (Fsp3) is 0.526. The zero-order valence-corrected chi connectivity index (χ0v) is 35.3. The molecular weight excluding hydrogens is 874 g/mol. The lowest BCUT2D eigenvalue weighted by Gasteiger charge is -2.12. The van der Waals surface area contributed by atoms with Gasteiger partial charge in [-0.2, -0.15) is 0 Å². The van der Waals surface area contributed by atoms with Crippen molar-refractivity contribution in [2.75, 3.05) is 19.6 Å². The van der Waals surface area contributed by atoms with Gasteiger partial charge < -0.3 is 63.0 Å². The number of carbonyl (C=O) groups is 12. The summed E-state index contributed by atoms with van der Waals surface area (Å²) < 4.78 is 0. The number of carboxylic acid groups (broad SMARTS) is 6. The first-order chi connectivity index (χ1) is 30.3. The minimum absolute atomic E-state index is 0.0119. The van der Waals surface area contributed by atoms with E-state index in [1.54, 1.807) is 0 Å². The summed E-state index contributed by atoms with van der Waals surface area (Å²) in [4.78, 5) is 142. The first-order valence-corrected chi connectivity index (χ1v) is 19.7. The van der Waals surface area contributed by atoms with Crippen molar-refractivity contribution in [3.05, 3.63) is 39.4 Å². The lowest BCUT2D eigenvalue weighted by atomic mass is 10.1. The van der Waals surface area contributed by atoms with Crippen LogP contribution >= 0.6 is 0 Å². The van der Waals surface area contributed by atoms with Crippen molar-refractivity contribution >= 4 is 76.9 Å².